The summed E-state index contributed by atoms with van der Waals surface area (Å²) < 4.78 is 43.8. The van der Waals surface area contributed by atoms with Crippen LogP contribution in [0, 0.1) is 0 Å². The molecule has 0 aliphatic rings. The fraction of sp³-hybridized carbons (Fsp3) is 0.200. The molecule has 166 valence electrons. The van der Waals surface area contributed by atoms with Crippen LogP contribution in [0.2, 0.25) is 5.02 Å². The average Bonchev–Trinajstić information content (AvgIpc) is 3.11. The van der Waals surface area contributed by atoms with E-state index >= 15 is 0 Å². The number of nitrogens with zero attached hydrogens (tertiary/aromatic N) is 1. The summed E-state index contributed by atoms with van der Waals surface area (Å²) in [6.45, 7) is 0.569. The highest BCUT2D eigenvalue weighted by atomic mass is 35.5. The van der Waals surface area contributed by atoms with Crippen molar-refractivity contribution in [3.05, 3.63) is 64.8 Å². The second kappa shape index (κ2) is 10.1. The van der Waals surface area contributed by atoms with Crippen LogP contribution in [0.4, 0.5) is 13.2 Å². The van der Waals surface area contributed by atoms with Crippen LogP contribution < -0.4 is 10.2 Å². The Morgan fingerprint density at radius 3 is 2.26 bits per heavy atom. The minimum absolute atomic E-state index is 0.389. The summed E-state index contributed by atoms with van der Waals surface area (Å²) in [6, 6.07) is 13.1. The number of benzene rings is 2. The molecule has 3 rings (SSSR count). The molecule has 0 spiro atoms. The Labute approximate surface area is 179 Å². The van der Waals surface area contributed by atoms with Gasteiger partial charge in [-0.2, -0.15) is 13.2 Å². The van der Waals surface area contributed by atoms with E-state index in [1.54, 1.807) is 18.0 Å². The molecular weight excluding hydrogens is 441 g/mol. The summed E-state index contributed by atoms with van der Waals surface area (Å²) in [5.41, 5.74) is 5.62. The van der Waals surface area contributed by atoms with Gasteiger partial charge in [0.2, 0.25) is 0 Å². The number of hydrogen-bond acceptors (Lipinski definition) is 5. The van der Waals surface area contributed by atoms with E-state index in [4.69, 9.17) is 31.0 Å². The molecule has 0 bridgehead atoms. The van der Waals surface area contributed by atoms with E-state index in [9.17, 15) is 18.0 Å². The largest absolute Gasteiger partial charge is 0.494 e. The molecule has 31 heavy (non-hydrogen) atoms. The van der Waals surface area contributed by atoms with Crippen molar-refractivity contribution in [2.45, 2.75) is 12.7 Å². The van der Waals surface area contributed by atoms with E-state index < -0.39 is 12.1 Å². The van der Waals surface area contributed by atoms with Crippen LogP contribution >= 0.6 is 11.6 Å². The summed E-state index contributed by atoms with van der Waals surface area (Å²) >= 11 is 5.91. The molecule has 0 amide bonds. The average molecular weight is 459 g/mol. The van der Waals surface area contributed by atoms with E-state index in [1.807, 2.05) is 42.5 Å². The Bertz CT molecular complexity index is 1070. The maximum absolute atomic E-state index is 12.0. The number of alkyl halides is 3. The Morgan fingerprint density at radius 1 is 1.13 bits per heavy atom. The second-order valence-corrected chi connectivity index (χ2v) is 6.46. The van der Waals surface area contributed by atoms with Crippen molar-refractivity contribution in [2.24, 2.45) is 0 Å². The van der Waals surface area contributed by atoms with Gasteiger partial charge in [0.1, 0.15) is 11.3 Å². The zero-order valence-electron chi connectivity index (χ0n) is 16.4. The van der Waals surface area contributed by atoms with Crippen molar-refractivity contribution in [1.82, 2.24) is 4.68 Å². The fourth-order valence-electron chi connectivity index (χ4n) is 2.59. The van der Waals surface area contributed by atoms with E-state index in [2.05, 4.69) is 5.43 Å². The standard InChI is InChI=1S/C18H17ClN2O3.C2HF3O2/c1-23-16-5-3-4-14-15(18(22)24-2)11-21(17(14)16)20-10-12-6-8-13(19)9-7-12;3-2(4,5)1(6)7/h3-9,11,20H,10H2,1-2H3;(H,6,7). The maximum atomic E-state index is 12.0. The quantitative estimate of drug-likeness (QED) is 0.548. The first-order valence-corrected chi connectivity index (χ1v) is 9.01. The lowest BCUT2D eigenvalue weighted by Gasteiger charge is -2.11. The third kappa shape index (κ3) is 6.05. The van der Waals surface area contributed by atoms with Crippen molar-refractivity contribution in [3.63, 3.8) is 0 Å². The third-order valence-corrected chi connectivity index (χ3v) is 4.27. The highest BCUT2D eigenvalue weighted by Crippen LogP contribution is 2.29. The first kappa shape index (κ1) is 23.9. The predicted molar refractivity (Wildman–Crippen MR) is 108 cm³/mol. The molecule has 0 saturated carbocycles. The van der Waals surface area contributed by atoms with Gasteiger partial charge in [-0.3, -0.25) is 4.68 Å². The molecule has 0 aliphatic carbocycles. The first-order chi connectivity index (χ1) is 14.6. The Balaban J connectivity index is 0.000000423. The monoisotopic (exact) mass is 458 g/mol. The van der Waals surface area contributed by atoms with Crippen LogP contribution in [0.25, 0.3) is 10.9 Å². The summed E-state index contributed by atoms with van der Waals surface area (Å²) in [4.78, 5) is 20.9. The predicted octanol–water partition coefficient (Wildman–Crippen LogP) is 4.47. The highest BCUT2D eigenvalue weighted by molar-refractivity contribution is 6.30. The van der Waals surface area contributed by atoms with Crippen molar-refractivity contribution >= 4 is 34.4 Å². The molecule has 1 aromatic heterocycles. The Hall–Kier alpha value is -3.40. The van der Waals surface area contributed by atoms with Gasteiger partial charge < -0.3 is 20.0 Å². The number of carboxylic acids is 1. The molecule has 0 unspecified atom stereocenters. The van der Waals surface area contributed by atoms with Gasteiger partial charge >= 0.3 is 18.1 Å². The van der Waals surface area contributed by atoms with Gasteiger partial charge in [0.05, 0.1) is 26.3 Å². The summed E-state index contributed by atoms with van der Waals surface area (Å²) in [5.74, 6) is -2.47. The molecule has 0 fully saturated rings. The molecule has 2 N–H and O–H groups in total. The zero-order valence-corrected chi connectivity index (χ0v) is 17.1. The lowest BCUT2D eigenvalue weighted by Crippen LogP contribution is -2.21. The molecule has 11 heteroatoms. The molecule has 0 radical (unpaired) electrons. The normalized spacial score (nSPS) is 10.8. The van der Waals surface area contributed by atoms with E-state index in [1.165, 1.54) is 7.11 Å². The smallest absolute Gasteiger partial charge is 0.490 e. The van der Waals surface area contributed by atoms with Crippen LogP contribution in [0.1, 0.15) is 15.9 Å². The van der Waals surface area contributed by atoms with Crippen molar-refractivity contribution in [2.75, 3.05) is 19.6 Å². The summed E-state index contributed by atoms with van der Waals surface area (Å²) in [7, 11) is 2.97. The number of halogens is 4. The topological polar surface area (TPSA) is 89.8 Å². The van der Waals surface area contributed by atoms with Crippen molar-refractivity contribution < 1.29 is 37.3 Å². The number of nitrogens with one attached hydrogen (secondary N) is 1. The Morgan fingerprint density at radius 2 is 1.74 bits per heavy atom. The van der Waals surface area contributed by atoms with Crippen molar-refractivity contribution in [3.8, 4) is 5.75 Å². The number of methoxy groups -OCH3 is 2. The third-order valence-electron chi connectivity index (χ3n) is 4.02. The van der Waals surface area contributed by atoms with Crippen LogP contribution in [0.5, 0.6) is 5.75 Å². The highest BCUT2D eigenvalue weighted by Gasteiger charge is 2.38. The van der Waals surface area contributed by atoms with Gasteiger partial charge in [0.25, 0.3) is 0 Å². The number of rotatable bonds is 5. The molecular formula is C20H18ClF3N2O5. The van der Waals surface area contributed by atoms with Crippen LogP contribution in [-0.4, -0.2) is 42.1 Å². The second-order valence-electron chi connectivity index (χ2n) is 6.03. The minimum atomic E-state index is -5.08. The summed E-state index contributed by atoms with van der Waals surface area (Å²) in [6.07, 6.45) is -3.37. The van der Waals surface area contributed by atoms with Gasteiger partial charge in [-0.15, -0.1) is 0 Å². The molecule has 7 nitrogen and oxygen atoms in total. The molecule has 0 aliphatic heterocycles. The number of fused-ring (bicyclic) bond motifs is 1. The van der Waals surface area contributed by atoms with Crippen LogP contribution in [0.15, 0.2) is 48.7 Å². The number of hydrogen-bond donors (Lipinski definition) is 2. The van der Waals surface area contributed by atoms with E-state index in [0.29, 0.717) is 22.9 Å². The van der Waals surface area contributed by atoms with Crippen LogP contribution in [-0.2, 0) is 16.1 Å². The van der Waals surface area contributed by atoms with E-state index in [0.717, 1.165) is 16.5 Å². The zero-order chi connectivity index (χ0) is 23.2. The van der Waals surface area contributed by atoms with Crippen LogP contribution in [0.3, 0.4) is 0 Å². The van der Waals surface area contributed by atoms with Gasteiger partial charge in [-0.1, -0.05) is 35.9 Å². The first-order valence-electron chi connectivity index (χ1n) is 8.63. The molecule has 1 heterocycles. The molecule has 0 atom stereocenters. The van der Waals surface area contributed by atoms with Gasteiger partial charge in [-0.05, 0) is 23.8 Å². The van der Waals surface area contributed by atoms with E-state index in [-0.39, 0.29) is 5.97 Å². The fourth-order valence-corrected chi connectivity index (χ4v) is 2.72. The molecule has 3 aromatic rings. The number of esters is 1. The SMILES string of the molecule is COC(=O)c1cn(NCc2ccc(Cl)cc2)c2c(OC)cccc12.O=C(O)C(F)(F)F. The lowest BCUT2D eigenvalue weighted by molar-refractivity contribution is -0.192. The van der Waals surface area contributed by atoms with Gasteiger partial charge in [-0.25, -0.2) is 9.59 Å². The molecule has 2 aromatic carbocycles. The van der Waals surface area contributed by atoms with Gasteiger partial charge in [0.15, 0.2) is 0 Å². The Kier molecular flexibility index (Phi) is 7.76. The number of carboxylic acid groups (broad SMARTS) is 1. The summed E-state index contributed by atoms with van der Waals surface area (Å²) in [5, 5.41) is 8.59. The number of para-hydroxylation sites is 1. The number of ether oxygens (including phenoxy) is 2. The maximum Gasteiger partial charge on any atom is 0.490 e. The number of carbonyl (C=O) groups is 2. The number of aromatic nitrogens is 1. The number of carbonyl (C=O) groups excluding carboxylic acids is 1. The van der Waals surface area contributed by atoms with Gasteiger partial charge in [0, 0.05) is 16.6 Å². The lowest BCUT2D eigenvalue weighted by atomic mass is 10.1. The minimum Gasteiger partial charge on any atom is -0.494 e. The molecule has 0 saturated heterocycles. The van der Waals surface area contributed by atoms with Crippen molar-refractivity contribution in [1.29, 1.82) is 0 Å². The number of aliphatic carboxylic acids is 1.